The standard InChI is InChI=1S/C8H10BNO3/c11-9(12)7-4-10-5-8-6(7)2-1-3-13-8/h4-5,11-12H,1-3H2. The van der Waals surface area contributed by atoms with E-state index in [1.807, 2.05) is 0 Å². The summed E-state index contributed by atoms with van der Waals surface area (Å²) in [5, 5.41) is 18.1. The Labute approximate surface area is 76.3 Å². The summed E-state index contributed by atoms with van der Waals surface area (Å²) in [7, 11) is -1.45. The first-order valence-corrected chi connectivity index (χ1v) is 4.25. The quantitative estimate of drug-likeness (QED) is 0.547. The van der Waals surface area contributed by atoms with Crippen molar-refractivity contribution in [3.05, 3.63) is 18.0 Å². The average Bonchev–Trinajstić information content (AvgIpc) is 2.17. The van der Waals surface area contributed by atoms with Crippen LogP contribution in [0.4, 0.5) is 0 Å². The fraction of sp³-hybridized carbons (Fsp3) is 0.375. The van der Waals surface area contributed by atoms with Crippen molar-refractivity contribution in [2.24, 2.45) is 0 Å². The van der Waals surface area contributed by atoms with Gasteiger partial charge < -0.3 is 14.8 Å². The molecule has 0 unspecified atom stereocenters. The van der Waals surface area contributed by atoms with Crippen LogP contribution in [0.5, 0.6) is 5.75 Å². The second-order valence-electron chi connectivity index (χ2n) is 3.03. The molecule has 0 aromatic carbocycles. The van der Waals surface area contributed by atoms with Crippen LogP contribution in [0.1, 0.15) is 12.0 Å². The summed E-state index contributed by atoms with van der Waals surface area (Å²) in [6.07, 6.45) is 4.82. The minimum Gasteiger partial charge on any atom is -0.492 e. The molecule has 13 heavy (non-hydrogen) atoms. The van der Waals surface area contributed by atoms with Crippen LogP contribution in [0.3, 0.4) is 0 Å². The molecule has 0 aliphatic carbocycles. The van der Waals surface area contributed by atoms with Gasteiger partial charge in [0.2, 0.25) is 0 Å². The van der Waals surface area contributed by atoms with Gasteiger partial charge in [-0.25, -0.2) is 0 Å². The van der Waals surface area contributed by atoms with Crippen LogP contribution >= 0.6 is 0 Å². The highest BCUT2D eigenvalue weighted by Gasteiger charge is 2.21. The molecular weight excluding hydrogens is 169 g/mol. The second kappa shape index (κ2) is 3.36. The molecule has 0 radical (unpaired) electrons. The van der Waals surface area contributed by atoms with Gasteiger partial charge in [0.25, 0.3) is 0 Å². The predicted molar refractivity (Wildman–Crippen MR) is 47.9 cm³/mol. The van der Waals surface area contributed by atoms with E-state index in [9.17, 15) is 0 Å². The van der Waals surface area contributed by atoms with Gasteiger partial charge in [0.05, 0.1) is 12.8 Å². The molecule has 2 rings (SSSR count). The Morgan fingerprint density at radius 2 is 2.23 bits per heavy atom. The van der Waals surface area contributed by atoms with E-state index < -0.39 is 7.12 Å². The molecule has 1 aliphatic rings. The number of aromatic nitrogens is 1. The number of pyridine rings is 1. The van der Waals surface area contributed by atoms with Crippen molar-refractivity contribution in [3.63, 3.8) is 0 Å². The minimum atomic E-state index is -1.45. The highest BCUT2D eigenvalue weighted by Crippen LogP contribution is 2.21. The number of nitrogens with zero attached hydrogens (tertiary/aromatic N) is 1. The Morgan fingerprint density at radius 1 is 1.38 bits per heavy atom. The van der Waals surface area contributed by atoms with Crippen molar-refractivity contribution in [1.29, 1.82) is 0 Å². The maximum Gasteiger partial charge on any atom is 0.490 e. The summed E-state index contributed by atoms with van der Waals surface area (Å²) >= 11 is 0. The Morgan fingerprint density at radius 3 is 3.00 bits per heavy atom. The molecule has 5 heteroatoms. The fourth-order valence-corrected chi connectivity index (χ4v) is 1.53. The lowest BCUT2D eigenvalue weighted by molar-refractivity contribution is 0.287. The molecule has 1 aliphatic heterocycles. The van der Waals surface area contributed by atoms with Crippen molar-refractivity contribution in [3.8, 4) is 5.75 Å². The van der Waals surface area contributed by atoms with Crippen LogP contribution in [0.25, 0.3) is 0 Å². The second-order valence-corrected chi connectivity index (χ2v) is 3.03. The van der Waals surface area contributed by atoms with E-state index in [0.29, 0.717) is 17.8 Å². The molecule has 0 saturated carbocycles. The first kappa shape index (κ1) is 8.53. The van der Waals surface area contributed by atoms with Crippen molar-refractivity contribution in [1.82, 2.24) is 4.98 Å². The van der Waals surface area contributed by atoms with Crippen LogP contribution in [0, 0.1) is 0 Å². The monoisotopic (exact) mass is 179 g/mol. The van der Waals surface area contributed by atoms with Gasteiger partial charge in [-0.15, -0.1) is 0 Å². The van der Waals surface area contributed by atoms with E-state index in [-0.39, 0.29) is 0 Å². The van der Waals surface area contributed by atoms with E-state index >= 15 is 0 Å². The van der Waals surface area contributed by atoms with Crippen molar-refractivity contribution >= 4 is 12.6 Å². The van der Waals surface area contributed by atoms with Gasteiger partial charge in [0.1, 0.15) is 5.75 Å². The first-order valence-electron chi connectivity index (χ1n) is 4.25. The predicted octanol–water partition coefficient (Wildman–Crippen LogP) is -0.914. The topological polar surface area (TPSA) is 62.6 Å². The molecule has 1 aromatic rings. The van der Waals surface area contributed by atoms with Crippen molar-refractivity contribution in [2.75, 3.05) is 6.61 Å². The summed E-state index contributed by atoms with van der Waals surface area (Å²) in [6.45, 7) is 0.680. The molecular formula is C8H10BNO3. The van der Waals surface area contributed by atoms with Gasteiger partial charge in [-0.05, 0) is 18.4 Å². The number of fused-ring (bicyclic) bond motifs is 1. The average molecular weight is 179 g/mol. The third-order valence-corrected chi connectivity index (χ3v) is 2.16. The number of hydrogen-bond donors (Lipinski definition) is 2. The normalized spacial score (nSPS) is 14.6. The highest BCUT2D eigenvalue weighted by molar-refractivity contribution is 6.59. The zero-order valence-corrected chi connectivity index (χ0v) is 7.10. The molecule has 4 nitrogen and oxygen atoms in total. The Balaban J connectivity index is 2.46. The lowest BCUT2D eigenvalue weighted by atomic mass is 9.77. The summed E-state index contributed by atoms with van der Waals surface area (Å²) in [4.78, 5) is 3.87. The van der Waals surface area contributed by atoms with Gasteiger partial charge in [-0.2, -0.15) is 0 Å². The zero-order valence-electron chi connectivity index (χ0n) is 7.10. The first-order chi connectivity index (χ1) is 6.29. The lowest BCUT2D eigenvalue weighted by Gasteiger charge is -2.19. The molecule has 0 saturated heterocycles. The number of ether oxygens (including phenoxy) is 1. The molecule has 2 heterocycles. The molecule has 0 spiro atoms. The van der Waals surface area contributed by atoms with Crippen LogP contribution in [-0.2, 0) is 6.42 Å². The van der Waals surface area contributed by atoms with Crippen LogP contribution in [0.15, 0.2) is 12.4 Å². The van der Waals surface area contributed by atoms with Gasteiger partial charge in [0, 0.05) is 11.7 Å². The molecule has 68 valence electrons. The van der Waals surface area contributed by atoms with Gasteiger partial charge in [-0.1, -0.05) is 0 Å². The zero-order chi connectivity index (χ0) is 9.26. The Kier molecular flexibility index (Phi) is 2.20. The van der Waals surface area contributed by atoms with Gasteiger partial charge >= 0.3 is 7.12 Å². The maximum atomic E-state index is 9.04. The number of rotatable bonds is 1. The summed E-state index contributed by atoms with van der Waals surface area (Å²) in [5.41, 5.74) is 1.33. The molecule has 0 fully saturated rings. The SMILES string of the molecule is OB(O)c1cncc2c1CCCO2. The molecule has 0 atom stereocenters. The van der Waals surface area contributed by atoms with Crippen LogP contribution < -0.4 is 10.2 Å². The van der Waals surface area contributed by atoms with Crippen molar-refractivity contribution < 1.29 is 14.8 Å². The molecule has 1 aromatic heterocycles. The fourth-order valence-electron chi connectivity index (χ4n) is 1.53. The third kappa shape index (κ3) is 1.52. The smallest absolute Gasteiger partial charge is 0.490 e. The molecule has 2 N–H and O–H groups in total. The van der Waals surface area contributed by atoms with Crippen LogP contribution in [-0.4, -0.2) is 28.8 Å². The van der Waals surface area contributed by atoms with Gasteiger partial charge in [-0.3, -0.25) is 4.98 Å². The summed E-state index contributed by atoms with van der Waals surface area (Å²) in [6, 6.07) is 0. The highest BCUT2D eigenvalue weighted by atomic mass is 16.5. The van der Waals surface area contributed by atoms with E-state index in [4.69, 9.17) is 14.8 Å². The summed E-state index contributed by atoms with van der Waals surface area (Å²) < 4.78 is 5.33. The van der Waals surface area contributed by atoms with E-state index in [1.165, 1.54) is 6.20 Å². The van der Waals surface area contributed by atoms with Crippen LogP contribution in [0.2, 0.25) is 0 Å². The van der Waals surface area contributed by atoms with E-state index in [0.717, 1.165) is 18.4 Å². The molecule has 0 amide bonds. The van der Waals surface area contributed by atoms with Crippen molar-refractivity contribution in [2.45, 2.75) is 12.8 Å². The number of hydrogen-bond acceptors (Lipinski definition) is 4. The van der Waals surface area contributed by atoms with E-state index in [2.05, 4.69) is 4.98 Å². The van der Waals surface area contributed by atoms with E-state index in [1.54, 1.807) is 6.20 Å². The minimum absolute atomic E-state index is 0.456. The third-order valence-electron chi connectivity index (χ3n) is 2.16. The Hall–Kier alpha value is -1.07. The van der Waals surface area contributed by atoms with Gasteiger partial charge in [0.15, 0.2) is 0 Å². The largest absolute Gasteiger partial charge is 0.492 e. The Bertz CT molecular complexity index is 316. The summed E-state index contributed by atoms with van der Waals surface area (Å²) in [5.74, 6) is 0.678. The molecule has 0 bridgehead atoms. The maximum absolute atomic E-state index is 9.04. The lowest BCUT2D eigenvalue weighted by Crippen LogP contribution is -2.35.